The summed E-state index contributed by atoms with van der Waals surface area (Å²) in [5.41, 5.74) is 0. The van der Waals surface area contributed by atoms with Gasteiger partial charge in [0, 0.05) is 13.2 Å². The highest BCUT2D eigenvalue weighted by atomic mass is 127. The first-order chi connectivity index (χ1) is 16.4. The summed E-state index contributed by atoms with van der Waals surface area (Å²) in [5.74, 6) is 0. The van der Waals surface area contributed by atoms with Crippen LogP contribution in [0.25, 0.3) is 0 Å². The fourth-order valence-electron chi connectivity index (χ4n) is 2.88. The van der Waals surface area contributed by atoms with Gasteiger partial charge in [0.1, 0.15) is 0 Å². The lowest BCUT2D eigenvalue weighted by Crippen LogP contribution is -2.14. The zero-order valence-corrected chi connectivity index (χ0v) is 23.4. The molecule has 200 valence electrons. The van der Waals surface area contributed by atoms with Crippen LogP contribution in [-0.2, 0) is 33.2 Å². The van der Waals surface area contributed by atoms with E-state index in [2.05, 4.69) is 29.5 Å². The Morgan fingerprint density at radius 1 is 0.333 bits per heavy atom. The summed E-state index contributed by atoms with van der Waals surface area (Å²) in [7, 11) is 0. The second-order valence-electron chi connectivity index (χ2n) is 7.80. The number of rotatable bonds is 30. The van der Waals surface area contributed by atoms with E-state index in [0.29, 0.717) is 79.3 Å². The van der Waals surface area contributed by atoms with Crippen molar-refractivity contribution in [3.8, 4) is 0 Å². The SMILES string of the molecule is CCCCCCCOCCOCCOCCOCCOCCOCCOCCCCCCI. The predicted molar refractivity (Wildman–Crippen MR) is 142 cm³/mol. The van der Waals surface area contributed by atoms with Crippen LogP contribution in [-0.4, -0.2) is 96.9 Å². The Balaban J connectivity index is 2.99. The molecule has 33 heavy (non-hydrogen) atoms. The largest absolute Gasteiger partial charge is 0.379 e. The van der Waals surface area contributed by atoms with Gasteiger partial charge in [-0.1, -0.05) is 68.0 Å². The van der Waals surface area contributed by atoms with E-state index in [1.54, 1.807) is 0 Å². The Morgan fingerprint density at radius 3 is 0.909 bits per heavy atom. The molecule has 0 heterocycles. The molecule has 0 radical (unpaired) electrons. The molecule has 0 aromatic heterocycles. The van der Waals surface area contributed by atoms with Crippen molar-refractivity contribution in [3.63, 3.8) is 0 Å². The monoisotopic (exact) mass is 590 g/mol. The molecule has 0 atom stereocenters. The quantitative estimate of drug-likeness (QED) is 0.0658. The maximum Gasteiger partial charge on any atom is 0.0701 e. The van der Waals surface area contributed by atoms with E-state index >= 15 is 0 Å². The number of halogens is 1. The van der Waals surface area contributed by atoms with E-state index in [9.17, 15) is 0 Å². The van der Waals surface area contributed by atoms with Crippen molar-refractivity contribution in [2.24, 2.45) is 0 Å². The van der Waals surface area contributed by atoms with Gasteiger partial charge in [0.15, 0.2) is 0 Å². The van der Waals surface area contributed by atoms with Crippen molar-refractivity contribution in [3.05, 3.63) is 0 Å². The lowest BCUT2D eigenvalue weighted by Gasteiger charge is -2.08. The van der Waals surface area contributed by atoms with Crippen LogP contribution in [0, 0.1) is 0 Å². The number of hydrogen-bond donors (Lipinski definition) is 0. The van der Waals surface area contributed by atoms with Crippen LogP contribution in [0.2, 0.25) is 0 Å². The van der Waals surface area contributed by atoms with Gasteiger partial charge in [-0.05, 0) is 23.7 Å². The predicted octanol–water partition coefficient (Wildman–Crippen LogP) is 5.07. The van der Waals surface area contributed by atoms with E-state index in [4.69, 9.17) is 33.2 Å². The molecule has 0 aliphatic rings. The highest BCUT2D eigenvalue weighted by Crippen LogP contribution is 2.03. The van der Waals surface area contributed by atoms with Gasteiger partial charge in [0.2, 0.25) is 0 Å². The molecule has 0 bridgehead atoms. The first kappa shape index (κ1) is 33.4. The molecule has 0 amide bonds. The summed E-state index contributed by atoms with van der Waals surface area (Å²) < 4.78 is 39.7. The minimum absolute atomic E-state index is 0.566. The van der Waals surface area contributed by atoms with E-state index in [0.717, 1.165) is 26.1 Å². The molecule has 0 aliphatic carbocycles. The minimum Gasteiger partial charge on any atom is -0.379 e. The molecular formula is C25H51IO7. The molecule has 0 rings (SSSR count). The second-order valence-corrected chi connectivity index (χ2v) is 8.88. The fraction of sp³-hybridized carbons (Fsp3) is 1.00. The van der Waals surface area contributed by atoms with Gasteiger partial charge in [-0.15, -0.1) is 0 Å². The zero-order valence-electron chi connectivity index (χ0n) is 21.2. The molecule has 0 aromatic carbocycles. The third kappa shape index (κ3) is 32.5. The Bertz CT molecular complexity index is 308. The fourth-order valence-corrected chi connectivity index (χ4v) is 3.42. The molecule has 7 nitrogen and oxygen atoms in total. The number of ether oxygens (including phenoxy) is 7. The Hall–Kier alpha value is 0.450. The normalized spacial score (nSPS) is 11.5. The average molecular weight is 591 g/mol. The lowest BCUT2D eigenvalue weighted by molar-refractivity contribution is -0.0206. The summed E-state index contributed by atoms with van der Waals surface area (Å²) in [6.07, 6.45) is 11.4. The molecule has 0 saturated heterocycles. The van der Waals surface area contributed by atoms with E-state index in [-0.39, 0.29) is 0 Å². The molecule has 8 heteroatoms. The van der Waals surface area contributed by atoms with Crippen LogP contribution in [0.3, 0.4) is 0 Å². The van der Waals surface area contributed by atoms with Crippen molar-refractivity contribution in [1.29, 1.82) is 0 Å². The summed E-state index contributed by atoms with van der Waals surface area (Å²) in [5, 5.41) is 0. The van der Waals surface area contributed by atoms with Crippen molar-refractivity contribution in [2.45, 2.75) is 64.7 Å². The molecular weight excluding hydrogens is 539 g/mol. The third-order valence-electron chi connectivity index (χ3n) is 4.80. The highest BCUT2D eigenvalue weighted by molar-refractivity contribution is 14.1. The maximum absolute atomic E-state index is 5.55. The van der Waals surface area contributed by atoms with Gasteiger partial charge in [0.05, 0.1) is 79.3 Å². The summed E-state index contributed by atoms with van der Waals surface area (Å²) >= 11 is 2.42. The van der Waals surface area contributed by atoms with Gasteiger partial charge in [-0.25, -0.2) is 0 Å². The smallest absolute Gasteiger partial charge is 0.0701 e. The molecule has 0 unspecified atom stereocenters. The third-order valence-corrected chi connectivity index (χ3v) is 5.56. The zero-order chi connectivity index (χ0) is 23.9. The standard InChI is InChI=1S/C25H51IO7/c1-2-3-4-6-9-12-27-14-16-29-18-20-31-22-24-33-25-23-32-21-19-30-17-15-28-13-10-7-5-8-11-26/h2-25H2,1H3. The first-order valence-corrected chi connectivity index (χ1v) is 14.5. The van der Waals surface area contributed by atoms with Crippen molar-refractivity contribution in [1.82, 2.24) is 0 Å². The van der Waals surface area contributed by atoms with Gasteiger partial charge >= 0.3 is 0 Å². The number of unbranched alkanes of at least 4 members (excludes halogenated alkanes) is 7. The molecule has 0 aromatic rings. The van der Waals surface area contributed by atoms with E-state index < -0.39 is 0 Å². The maximum atomic E-state index is 5.55. The van der Waals surface area contributed by atoms with Crippen molar-refractivity contribution < 1.29 is 33.2 Å². The van der Waals surface area contributed by atoms with Gasteiger partial charge in [0.25, 0.3) is 0 Å². The lowest BCUT2D eigenvalue weighted by atomic mass is 10.2. The summed E-state index contributed by atoms with van der Waals surface area (Å²) in [6, 6.07) is 0. The van der Waals surface area contributed by atoms with Crippen molar-refractivity contribution >= 4 is 22.6 Å². The molecule has 0 N–H and O–H groups in total. The number of hydrogen-bond acceptors (Lipinski definition) is 7. The Morgan fingerprint density at radius 2 is 0.606 bits per heavy atom. The van der Waals surface area contributed by atoms with E-state index in [1.807, 2.05) is 0 Å². The molecule has 0 saturated carbocycles. The van der Waals surface area contributed by atoms with Gasteiger partial charge in [-0.2, -0.15) is 0 Å². The van der Waals surface area contributed by atoms with Crippen LogP contribution >= 0.6 is 22.6 Å². The Labute approximate surface area is 217 Å². The van der Waals surface area contributed by atoms with E-state index in [1.165, 1.54) is 49.4 Å². The highest BCUT2D eigenvalue weighted by Gasteiger charge is 1.95. The van der Waals surface area contributed by atoms with Gasteiger partial charge in [-0.3, -0.25) is 0 Å². The number of alkyl halides is 1. The molecule has 0 fully saturated rings. The van der Waals surface area contributed by atoms with Crippen LogP contribution in [0.1, 0.15) is 64.7 Å². The summed E-state index contributed by atoms with van der Waals surface area (Å²) in [6.45, 7) is 11.1. The Kier molecular flexibility index (Phi) is 32.9. The van der Waals surface area contributed by atoms with Crippen molar-refractivity contribution in [2.75, 3.05) is 96.9 Å². The summed E-state index contributed by atoms with van der Waals surface area (Å²) in [4.78, 5) is 0. The molecule has 0 spiro atoms. The molecule has 0 aliphatic heterocycles. The topological polar surface area (TPSA) is 64.6 Å². The van der Waals surface area contributed by atoms with Crippen LogP contribution in [0.4, 0.5) is 0 Å². The van der Waals surface area contributed by atoms with Crippen LogP contribution in [0.15, 0.2) is 0 Å². The second kappa shape index (κ2) is 32.5. The van der Waals surface area contributed by atoms with Gasteiger partial charge < -0.3 is 33.2 Å². The van der Waals surface area contributed by atoms with Crippen LogP contribution in [0.5, 0.6) is 0 Å². The minimum atomic E-state index is 0.566. The van der Waals surface area contributed by atoms with Crippen LogP contribution < -0.4 is 0 Å². The average Bonchev–Trinajstić information content (AvgIpc) is 2.83. The first-order valence-electron chi connectivity index (χ1n) is 13.0.